The zero-order valence-corrected chi connectivity index (χ0v) is 24.6. The Morgan fingerprint density at radius 1 is 1.15 bits per heavy atom. The molecule has 0 unspecified atom stereocenters. The van der Waals surface area contributed by atoms with E-state index in [1.807, 2.05) is 0 Å². The van der Waals surface area contributed by atoms with E-state index >= 15 is 0 Å². The summed E-state index contributed by atoms with van der Waals surface area (Å²) < 4.78 is 21.4. The van der Waals surface area contributed by atoms with E-state index in [1.165, 1.54) is 16.8 Å². The first-order valence-electron chi connectivity index (χ1n) is 12.0. The Morgan fingerprint density at radius 3 is 2.24 bits per heavy atom. The van der Waals surface area contributed by atoms with Crippen LogP contribution in [0, 0.1) is 11.3 Å². The number of hydrogen-bond acceptors (Lipinski definition) is 6. The lowest BCUT2D eigenvalue weighted by Crippen LogP contribution is -2.48. The van der Waals surface area contributed by atoms with Gasteiger partial charge in [-0.1, -0.05) is 41.5 Å². The van der Waals surface area contributed by atoms with E-state index in [-0.39, 0.29) is 22.6 Å². The maximum Gasteiger partial charge on any atom is 0.330 e. The summed E-state index contributed by atoms with van der Waals surface area (Å²) in [5, 5.41) is 9.36. The first-order chi connectivity index (χ1) is 15.4. The Balaban J connectivity index is 2.50. The van der Waals surface area contributed by atoms with E-state index < -0.39 is 39.7 Å². The van der Waals surface area contributed by atoms with E-state index in [0.717, 1.165) is 0 Å². The van der Waals surface area contributed by atoms with Gasteiger partial charge in [-0.3, -0.25) is 14.3 Å². The molecule has 1 aliphatic rings. The summed E-state index contributed by atoms with van der Waals surface area (Å²) in [6.45, 7) is 22.3. The van der Waals surface area contributed by atoms with Crippen molar-refractivity contribution in [2.24, 2.45) is 0 Å². The third-order valence-corrected chi connectivity index (χ3v) is 16.9. The predicted molar refractivity (Wildman–Crippen MR) is 139 cm³/mol. The van der Waals surface area contributed by atoms with Crippen LogP contribution in [0.3, 0.4) is 0 Å². The van der Waals surface area contributed by atoms with Crippen LogP contribution in [0.4, 0.5) is 0 Å². The molecule has 1 saturated heterocycles. The van der Waals surface area contributed by atoms with Gasteiger partial charge in [0.05, 0.1) is 18.8 Å². The highest BCUT2D eigenvalue weighted by Crippen LogP contribution is 2.45. The summed E-state index contributed by atoms with van der Waals surface area (Å²) >= 11 is 0. The molecule has 34 heavy (non-hydrogen) atoms. The number of H-pyrrole nitrogens is 1. The van der Waals surface area contributed by atoms with Gasteiger partial charge in [-0.05, 0) is 36.3 Å². The Kier molecular flexibility index (Phi) is 8.32. The van der Waals surface area contributed by atoms with Crippen molar-refractivity contribution in [3.8, 4) is 6.07 Å². The third-order valence-electron chi connectivity index (χ3n) is 7.86. The van der Waals surface area contributed by atoms with Gasteiger partial charge in [-0.15, -0.1) is 0 Å². The van der Waals surface area contributed by atoms with E-state index in [1.54, 1.807) is 0 Å². The SMILES string of the molecule is CC(C)(C)[Si](C)(C)OC[C@H]1O[C@](CCC#N)(n2ccc(=O)[nH]c2=O)C[C@@H]1O[Si](C)(C)C(C)(C)C. The van der Waals surface area contributed by atoms with Gasteiger partial charge < -0.3 is 13.6 Å². The van der Waals surface area contributed by atoms with Gasteiger partial charge in [0.25, 0.3) is 5.56 Å². The number of aromatic nitrogens is 2. The number of nitrogens with zero attached hydrogens (tertiary/aromatic N) is 2. The molecule has 0 saturated carbocycles. The Hall–Kier alpha value is -1.52. The molecule has 8 nitrogen and oxygen atoms in total. The Bertz CT molecular complexity index is 1010. The maximum atomic E-state index is 12.8. The number of ether oxygens (including phenoxy) is 1. The summed E-state index contributed by atoms with van der Waals surface area (Å²) in [6, 6.07) is 3.48. The minimum Gasteiger partial charge on any atom is -0.414 e. The Labute approximate surface area is 205 Å². The highest BCUT2D eigenvalue weighted by Gasteiger charge is 2.52. The van der Waals surface area contributed by atoms with Crippen LogP contribution in [-0.2, 0) is 19.3 Å². The van der Waals surface area contributed by atoms with Crippen molar-refractivity contribution in [3.05, 3.63) is 33.1 Å². The minimum absolute atomic E-state index is 0.00936. The molecule has 192 valence electrons. The summed E-state index contributed by atoms with van der Waals surface area (Å²) in [4.78, 5) is 26.8. The second-order valence-corrected chi connectivity index (χ2v) is 22.0. The molecule has 0 bridgehead atoms. The molecule has 2 heterocycles. The molecule has 0 amide bonds. The largest absolute Gasteiger partial charge is 0.414 e. The number of nitrogens with one attached hydrogen (secondary N) is 1. The van der Waals surface area contributed by atoms with E-state index in [2.05, 4.69) is 78.8 Å². The fraction of sp³-hybridized carbons (Fsp3) is 0.792. The smallest absolute Gasteiger partial charge is 0.330 e. The first kappa shape index (κ1) is 28.7. The topological polar surface area (TPSA) is 106 Å². The Morgan fingerprint density at radius 2 is 1.74 bits per heavy atom. The standard InChI is InChI=1S/C24H43N3O5Si2/c1-22(2,3)33(7,8)30-17-19-18(32-34(9,10)23(4,5)6)16-24(31-19,13-11-14-25)27-15-12-20(28)26-21(27)29/h12,15,18-19H,11,13,16-17H2,1-10H3,(H,26,28,29)/t18-,19+,24-/m0/s1. The molecular weight excluding hydrogens is 466 g/mol. The fourth-order valence-electron chi connectivity index (χ4n) is 3.60. The van der Waals surface area contributed by atoms with Crippen molar-refractivity contribution in [1.29, 1.82) is 5.26 Å². The second-order valence-electron chi connectivity index (χ2n) is 12.4. The van der Waals surface area contributed by atoms with Crippen molar-refractivity contribution in [3.63, 3.8) is 0 Å². The van der Waals surface area contributed by atoms with Crippen LogP contribution in [-0.4, -0.2) is 45.0 Å². The van der Waals surface area contributed by atoms with Crippen LogP contribution in [0.15, 0.2) is 21.9 Å². The minimum atomic E-state index is -2.17. The monoisotopic (exact) mass is 509 g/mol. The second kappa shape index (κ2) is 9.86. The van der Waals surface area contributed by atoms with Crippen LogP contribution in [0.5, 0.6) is 0 Å². The summed E-state index contributed by atoms with van der Waals surface area (Å²) in [7, 11) is -4.23. The van der Waals surface area contributed by atoms with Crippen LogP contribution >= 0.6 is 0 Å². The van der Waals surface area contributed by atoms with Gasteiger partial charge in [0, 0.05) is 31.5 Å². The molecule has 1 aromatic heterocycles. The quantitative estimate of drug-likeness (QED) is 0.509. The summed E-state index contributed by atoms with van der Waals surface area (Å²) in [6.07, 6.45) is 1.67. The average Bonchev–Trinajstić information content (AvgIpc) is 3.00. The number of hydrogen-bond donors (Lipinski definition) is 1. The highest BCUT2D eigenvalue weighted by atomic mass is 28.4. The molecule has 1 fully saturated rings. The van der Waals surface area contributed by atoms with Gasteiger partial charge in [-0.25, -0.2) is 4.79 Å². The molecule has 10 heteroatoms. The highest BCUT2D eigenvalue weighted by molar-refractivity contribution is 6.74. The average molecular weight is 510 g/mol. The van der Waals surface area contributed by atoms with Crippen molar-refractivity contribution in [2.45, 2.75) is 115 Å². The van der Waals surface area contributed by atoms with E-state index in [9.17, 15) is 14.9 Å². The lowest BCUT2D eigenvalue weighted by Gasteiger charge is -2.40. The van der Waals surface area contributed by atoms with Crippen LogP contribution in [0.2, 0.25) is 36.3 Å². The van der Waals surface area contributed by atoms with Gasteiger partial charge in [0.2, 0.25) is 0 Å². The van der Waals surface area contributed by atoms with Crippen molar-refractivity contribution in [2.75, 3.05) is 6.61 Å². The molecule has 1 aromatic rings. The normalized spacial score (nSPS) is 24.3. The molecule has 0 aromatic carbocycles. The van der Waals surface area contributed by atoms with E-state index in [4.69, 9.17) is 13.6 Å². The fourth-order valence-corrected chi connectivity index (χ4v) is 5.96. The number of rotatable bonds is 8. The molecule has 0 spiro atoms. The van der Waals surface area contributed by atoms with Gasteiger partial charge in [0.15, 0.2) is 22.4 Å². The van der Waals surface area contributed by atoms with Crippen molar-refractivity contribution in [1.82, 2.24) is 9.55 Å². The molecule has 1 aliphatic heterocycles. The van der Waals surface area contributed by atoms with Crippen molar-refractivity contribution < 1.29 is 13.6 Å². The molecular formula is C24H43N3O5Si2. The molecule has 2 rings (SSSR count). The van der Waals surface area contributed by atoms with Gasteiger partial charge in [-0.2, -0.15) is 5.26 Å². The zero-order chi connectivity index (χ0) is 26.2. The van der Waals surface area contributed by atoms with Crippen LogP contribution in [0.1, 0.15) is 60.8 Å². The summed E-state index contributed by atoms with van der Waals surface area (Å²) in [5.74, 6) is 0. The molecule has 3 atom stereocenters. The third kappa shape index (κ3) is 6.18. The number of aromatic amines is 1. The van der Waals surface area contributed by atoms with Crippen molar-refractivity contribution >= 4 is 16.6 Å². The van der Waals surface area contributed by atoms with Crippen LogP contribution < -0.4 is 11.2 Å². The van der Waals surface area contributed by atoms with Crippen LogP contribution in [0.25, 0.3) is 0 Å². The van der Waals surface area contributed by atoms with E-state index in [0.29, 0.717) is 19.4 Å². The molecule has 1 N–H and O–H groups in total. The maximum absolute atomic E-state index is 12.8. The molecule has 0 aliphatic carbocycles. The van der Waals surface area contributed by atoms with Gasteiger partial charge >= 0.3 is 5.69 Å². The predicted octanol–water partition coefficient (Wildman–Crippen LogP) is 4.69. The molecule has 0 radical (unpaired) electrons. The zero-order valence-electron chi connectivity index (χ0n) is 22.6. The van der Waals surface area contributed by atoms with Gasteiger partial charge in [0.1, 0.15) is 6.10 Å². The first-order valence-corrected chi connectivity index (χ1v) is 17.9. The lowest BCUT2D eigenvalue weighted by molar-refractivity contribution is -0.121. The number of nitriles is 1. The summed E-state index contributed by atoms with van der Waals surface area (Å²) in [5.41, 5.74) is -2.12. The lowest BCUT2D eigenvalue weighted by atomic mass is 10.0.